The zero-order valence-electron chi connectivity index (χ0n) is 8.92. The molecule has 86 valence electrons. The zero-order chi connectivity index (χ0) is 11.8. The number of aromatic nitrogens is 3. The average molecular weight is 245 g/mol. The summed E-state index contributed by atoms with van der Waals surface area (Å²) in [6.45, 7) is 0. The lowest BCUT2D eigenvalue weighted by atomic mass is 10.2. The molecule has 0 saturated carbocycles. The maximum Gasteiger partial charge on any atom is 0.179 e. The van der Waals surface area contributed by atoms with Crippen LogP contribution in [-0.2, 0) is 0 Å². The highest BCUT2D eigenvalue weighted by atomic mass is 32.1. The van der Waals surface area contributed by atoms with Crippen molar-refractivity contribution in [2.45, 2.75) is 6.04 Å². The summed E-state index contributed by atoms with van der Waals surface area (Å²) in [5.74, 6) is 1.17. The lowest BCUT2D eigenvalue weighted by Crippen LogP contribution is -2.11. The van der Waals surface area contributed by atoms with Crippen LogP contribution in [0, 0.1) is 0 Å². The number of imidazole rings is 1. The molecule has 6 heteroatoms. The third kappa shape index (κ3) is 1.77. The number of hydrogen-bond acceptors (Lipinski definition) is 5. The van der Waals surface area contributed by atoms with E-state index in [4.69, 9.17) is 11.5 Å². The van der Waals surface area contributed by atoms with Crippen LogP contribution in [0.15, 0.2) is 29.6 Å². The molecule has 17 heavy (non-hydrogen) atoms. The quantitative estimate of drug-likeness (QED) is 0.640. The summed E-state index contributed by atoms with van der Waals surface area (Å²) in [7, 11) is 0. The Morgan fingerprint density at radius 1 is 1.24 bits per heavy atom. The van der Waals surface area contributed by atoms with Gasteiger partial charge in [0.05, 0.1) is 11.6 Å². The number of thiophene rings is 1. The molecule has 0 amide bonds. The van der Waals surface area contributed by atoms with E-state index in [1.54, 1.807) is 17.4 Å². The van der Waals surface area contributed by atoms with E-state index >= 15 is 0 Å². The standard InChI is InChI=1S/C11H11N5S/c12-8-4-3-6-10(15-8)16-11(14-6)9(13)7-2-1-5-17-7/h1-5,9H,13H2,(H3,12,14,15,16). The van der Waals surface area contributed by atoms with Gasteiger partial charge in [0.2, 0.25) is 0 Å². The number of aromatic amines is 1. The number of anilines is 1. The van der Waals surface area contributed by atoms with Crippen LogP contribution in [0.4, 0.5) is 5.82 Å². The summed E-state index contributed by atoms with van der Waals surface area (Å²) in [6, 6.07) is 7.31. The molecule has 0 bridgehead atoms. The lowest BCUT2D eigenvalue weighted by Gasteiger charge is -2.04. The Balaban J connectivity index is 2.06. The highest BCUT2D eigenvalue weighted by Crippen LogP contribution is 2.23. The molecule has 3 aromatic rings. The second-order valence-corrected chi connectivity index (χ2v) is 4.70. The highest BCUT2D eigenvalue weighted by Gasteiger charge is 2.14. The first kappa shape index (κ1) is 10.2. The normalized spacial score (nSPS) is 13.0. The number of fused-ring (bicyclic) bond motifs is 1. The molecule has 0 radical (unpaired) electrons. The molecule has 0 aromatic carbocycles. The van der Waals surface area contributed by atoms with Crippen LogP contribution in [0.5, 0.6) is 0 Å². The van der Waals surface area contributed by atoms with Gasteiger partial charge in [-0.2, -0.15) is 0 Å². The summed E-state index contributed by atoms with van der Waals surface area (Å²) in [4.78, 5) is 12.7. The van der Waals surface area contributed by atoms with E-state index in [1.165, 1.54) is 0 Å². The van der Waals surface area contributed by atoms with E-state index in [2.05, 4.69) is 15.0 Å². The third-order valence-corrected chi connectivity index (χ3v) is 3.49. The van der Waals surface area contributed by atoms with Crippen molar-refractivity contribution >= 4 is 28.3 Å². The van der Waals surface area contributed by atoms with Gasteiger partial charge in [-0.1, -0.05) is 6.07 Å². The molecule has 0 saturated heterocycles. The van der Waals surface area contributed by atoms with Crippen LogP contribution in [0.1, 0.15) is 16.7 Å². The molecule has 0 fully saturated rings. The van der Waals surface area contributed by atoms with E-state index in [-0.39, 0.29) is 6.04 Å². The summed E-state index contributed by atoms with van der Waals surface area (Å²) in [6.07, 6.45) is 0. The number of rotatable bonds is 2. The van der Waals surface area contributed by atoms with Crippen molar-refractivity contribution in [3.05, 3.63) is 40.3 Å². The lowest BCUT2D eigenvalue weighted by molar-refractivity contribution is 0.821. The van der Waals surface area contributed by atoms with Gasteiger partial charge in [0, 0.05) is 4.88 Å². The largest absolute Gasteiger partial charge is 0.384 e. The van der Waals surface area contributed by atoms with Gasteiger partial charge in [-0.05, 0) is 23.6 Å². The molecule has 0 aliphatic carbocycles. The Morgan fingerprint density at radius 3 is 2.88 bits per heavy atom. The second kappa shape index (κ2) is 3.83. The minimum absolute atomic E-state index is 0.245. The molecule has 3 aromatic heterocycles. The number of nitrogens with two attached hydrogens (primary N) is 2. The number of hydrogen-bond donors (Lipinski definition) is 3. The van der Waals surface area contributed by atoms with Crippen LogP contribution in [0.25, 0.3) is 11.2 Å². The Bertz CT molecular complexity index is 643. The first-order valence-corrected chi connectivity index (χ1v) is 6.03. The summed E-state index contributed by atoms with van der Waals surface area (Å²) >= 11 is 1.61. The number of nitrogens with zero attached hydrogens (tertiary/aromatic N) is 2. The maximum absolute atomic E-state index is 6.12. The van der Waals surface area contributed by atoms with E-state index in [1.807, 2.05) is 23.6 Å². The fourth-order valence-corrected chi connectivity index (χ4v) is 2.41. The predicted molar refractivity (Wildman–Crippen MR) is 68.7 cm³/mol. The van der Waals surface area contributed by atoms with Gasteiger partial charge in [0.25, 0.3) is 0 Å². The Kier molecular flexibility index (Phi) is 2.31. The topological polar surface area (TPSA) is 93.6 Å². The van der Waals surface area contributed by atoms with Crippen molar-refractivity contribution in [2.75, 3.05) is 5.73 Å². The van der Waals surface area contributed by atoms with Crippen molar-refractivity contribution in [3.8, 4) is 0 Å². The first-order chi connectivity index (χ1) is 8.24. The molecular formula is C11H11N5S. The molecule has 1 atom stereocenters. The molecule has 5 N–H and O–H groups in total. The third-order valence-electron chi connectivity index (χ3n) is 2.53. The monoisotopic (exact) mass is 245 g/mol. The SMILES string of the molecule is Nc1ccc2[nH]c(C(N)c3cccs3)nc2n1. The van der Waals surface area contributed by atoms with Crippen LogP contribution < -0.4 is 11.5 Å². The predicted octanol–water partition coefficient (Wildman–Crippen LogP) is 1.65. The average Bonchev–Trinajstić information content (AvgIpc) is 2.96. The van der Waals surface area contributed by atoms with Crippen LogP contribution in [-0.4, -0.2) is 15.0 Å². The first-order valence-electron chi connectivity index (χ1n) is 5.15. The smallest absolute Gasteiger partial charge is 0.179 e. The zero-order valence-corrected chi connectivity index (χ0v) is 9.74. The van der Waals surface area contributed by atoms with E-state index in [0.29, 0.717) is 17.3 Å². The Morgan fingerprint density at radius 2 is 2.12 bits per heavy atom. The minimum atomic E-state index is -0.245. The van der Waals surface area contributed by atoms with Crippen LogP contribution in [0.2, 0.25) is 0 Å². The van der Waals surface area contributed by atoms with Crippen molar-refractivity contribution in [1.29, 1.82) is 0 Å². The molecule has 5 nitrogen and oxygen atoms in total. The maximum atomic E-state index is 6.12. The van der Waals surface area contributed by atoms with Crippen molar-refractivity contribution < 1.29 is 0 Å². The van der Waals surface area contributed by atoms with Gasteiger partial charge < -0.3 is 16.5 Å². The Labute approximate surface area is 102 Å². The van der Waals surface area contributed by atoms with Gasteiger partial charge >= 0.3 is 0 Å². The van der Waals surface area contributed by atoms with Crippen molar-refractivity contribution in [1.82, 2.24) is 15.0 Å². The van der Waals surface area contributed by atoms with E-state index in [9.17, 15) is 0 Å². The minimum Gasteiger partial charge on any atom is -0.384 e. The van der Waals surface area contributed by atoms with Gasteiger partial charge in [0.15, 0.2) is 5.65 Å². The number of nitrogens with one attached hydrogen (secondary N) is 1. The fourth-order valence-electron chi connectivity index (χ4n) is 1.68. The number of H-pyrrole nitrogens is 1. The Hall–Kier alpha value is -1.92. The molecule has 3 rings (SSSR count). The van der Waals surface area contributed by atoms with Gasteiger partial charge in [0.1, 0.15) is 11.6 Å². The summed E-state index contributed by atoms with van der Waals surface area (Å²) in [5, 5.41) is 1.99. The van der Waals surface area contributed by atoms with Gasteiger partial charge in [-0.25, -0.2) is 9.97 Å². The number of nitrogen functional groups attached to an aromatic ring is 1. The molecule has 0 aliphatic heterocycles. The highest BCUT2D eigenvalue weighted by molar-refractivity contribution is 7.10. The van der Waals surface area contributed by atoms with Crippen molar-refractivity contribution in [3.63, 3.8) is 0 Å². The van der Waals surface area contributed by atoms with Crippen molar-refractivity contribution in [2.24, 2.45) is 5.73 Å². The van der Waals surface area contributed by atoms with Gasteiger partial charge in [-0.15, -0.1) is 11.3 Å². The molecule has 1 unspecified atom stereocenters. The van der Waals surface area contributed by atoms with E-state index in [0.717, 1.165) is 10.4 Å². The molecule has 3 heterocycles. The molecule has 0 spiro atoms. The second-order valence-electron chi connectivity index (χ2n) is 3.72. The van der Waals surface area contributed by atoms with Crippen LogP contribution >= 0.6 is 11.3 Å². The molecule has 0 aliphatic rings. The van der Waals surface area contributed by atoms with Gasteiger partial charge in [-0.3, -0.25) is 0 Å². The van der Waals surface area contributed by atoms with Crippen LogP contribution in [0.3, 0.4) is 0 Å². The van der Waals surface area contributed by atoms with E-state index < -0.39 is 0 Å². The summed E-state index contributed by atoms with van der Waals surface area (Å²) < 4.78 is 0. The summed E-state index contributed by atoms with van der Waals surface area (Å²) in [5.41, 5.74) is 13.2. The molecular weight excluding hydrogens is 234 g/mol. The number of pyridine rings is 1. The fraction of sp³-hybridized carbons (Fsp3) is 0.0909.